The summed E-state index contributed by atoms with van der Waals surface area (Å²) in [6.07, 6.45) is 2.45. The molecular formula is C14H30N4O. The fourth-order valence-electron chi connectivity index (χ4n) is 2.51. The van der Waals surface area contributed by atoms with Crippen LogP contribution in [0.15, 0.2) is 0 Å². The Balaban J connectivity index is 2.29. The number of likely N-dealkylation sites (N-methyl/N-ethyl adjacent to an activating group) is 2. The molecule has 1 fully saturated rings. The van der Waals surface area contributed by atoms with Gasteiger partial charge in [-0.1, -0.05) is 6.92 Å². The Morgan fingerprint density at radius 1 is 1.32 bits per heavy atom. The first-order valence-corrected chi connectivity index (χ1v) is 7.29. The number of piperidine rings is 1. The van der Waals surface area contributed by atoms with Crippen molar-refractivity contribution in [1.82, 2.24) is 14.7 Å². The van der Waals surface area contributed by atoms with Crippen LogP contribution in [0.1, 0.15) is 19.8 Å². The van der Waals surface area contributed by atoms with E-state index in [1.165, 1.54) is 25.9 Å². The zero-order chi connectivity index (χ0) is 14.4. The topological polar surface area (TPSA) is 52.8 Å². The Kier molecular flexibility index (Phi) is 6.75. The number of hydrogen-bond donors (Lipinski definition) is 1. The van der Waals surface area contributed by atoms with Crippen molar-refractivity contribution in [2.75, 3.05) is 53.9 Å². The lowest BCUT2D eigenvalue weighted by Crippen LogP contribution is -2.45. The van der Waals surface area contributed by atoms with Crippen LogP contribution in [0.4, 0.5) is 0 Å². The minimum atomic E-state index is -0.0707. The third kappa shape index (κ3) is 5.09. The minimum absolute atomic E-state index is 0.0707. The molecule has 1 rings (SSSR count). The lowest BCUT2D eigenvalue weighted by Gasteiger charge is -2.36. The highest BCUT2D eigenvalue weighted by Gasteiger charge is 2.21. The molecule has 0 saturated carbocycles. The van der Waals surface area contributed by atoms with E-state index in [9.17, 15) is 4.79 Å². The van der Waals surface area contributed by atoms with Crippen LogP contribution in [0, 0.1) is 5.92 Å². The van der Waals surface area contributed by atoms with Gasteiger partial charge in [0.25, 0.3) is 0 Å². The van der Waals surface area contributed by atoms with Crippen LogP contribution in [0.5, 0.6) is 0 Å². The third-order valence-corrected chi connectivity index (χ3v) is 4.25. The van der Waals surface area contributed by atoms with Gasteiger partial charge in [0.05, 0.1) is 0 Å². The second kappa shape index (κ2) is 7.82. The smallest absolute Gasteiger partial charge is 0.226 e. The Bertz CT molecular complexity index is 277. The number of amides is 1. The quantitative estimate of drug-likeness (QED) is 0.742. The van der Waals surface area contributed by atoms with Crippen molar-refractivity contribution < 1.29 is 4.79 Å². The molecule has 1 unspecified atom stereocenters. The molecule has 1 saturated heterocycles. The molecule has 0 aromatic carbocycles. The highest BCUT2D eigenvalue weighted by atomic mass is 16.2. The van der Waals surface area contributed by atoms with Gasteiger partial charge in [-0.05, 0) is 40.0 Å². The lowest BCUT2D eigenvalue weighted by molar-refractivity contribution is -0.133. The molecule has 1 amide bonds. The monoisotopic (exact) mass is 270 g/mol. The molecule has 19 heavy (non-hydrogen) atoms. The average Bonchev–Trinajstić information content (AvgIpc) is 2.43. The summed E-state index contributed by atoms with van der Waals surface area (Å²) >= 11 is 0. The number of likely N-dealkylation sites (tertiary alicyclic amines) is 1. The molecule has 0 aliphatic carbocycles. The maximum atomic E-state index is 11.9. The summed E-state index contributed by atoms with van der Waals surface area (Å²) in [6, 6.07) is 0.659. The van der Waals surface area contributed by atoms with Gasteiger partial charge in [-0.15, -0.1) is 0 Å². The van der Waals surface area contributed by atoms with E-state index in [-0.39, 0.29) is 11.8 Å². The van der Waals surface area contributed by atoms with E-state index in [0.29, 0.717) is 12.6 Å². The fourth-order valence-corrected chi connectivity index (χ4v) is 2.51. The van der Waals surface area contributed by atoms with Crippen molar-refractivity contribution in [2.45, 2.75) is 25.8 Å². The van der Waals surface area contributed by atoms with Gasteiger partial charge in [-0.2, -0.15) is 0 Å². The maximum absolute atomic E-state index is 11.9. The standard InChI is InChI=1S/C14H30N4O/c1-12(11-15)14(19)18(4)10-9-17(3)13-5-7-16(2)8-6-13/h12-13H,5-11,15H2,1-4H3. The first kappa shape index (κ1) is 16.4. The Labute approximate surface area is 117 Å². The summed E-state index contributed by atoms with van der Waals surface area (Å²) in [4.78, 5) is 18.5. The summed E-state index contributed by atoms with van der Waals surface area (Å²) in [5.74, 6) is 0.0814. The van der Waals surface area contributed by atoms with E-state index in [0.717, 1.165) is 13.1 Å². The van der Waals surface area contributed by atoms with Crippen LogP contribution in [-0.2, 0) is 4.79 Å². The van der Waals surface area contributed by atoms with Gasteiger partial charge >= 0.3 is 0 Å². The summed E-state index contributed by atoms with van der Waals surface area (Å²) in [7, 11) is 6.22. The maximum Gasteiger partial charge on any atom is 0.226 e. The molecule has 0 aromatic rings. The van der Waals surface area contributed by atoms with Crippen molar-refractivity contribution in [1.29, 1.82) is 0 Å². The normalized spacial score (nSPS) is 19.7. The third-order valence-electron chi connectivity index (χ3n) is 4.25. The zero-order valence-corrected chi connectivity index (χ0v) is 12.9. The second-order valence-electron chi connectivity index (χ2n) is 5.91. The largest absolute Gasteiger partial charge is 0.344 e. The highest BCUT2D eigenvalue weighted by molar-refractivity contribution is 5.78. The molecule has 112 valence electrons. The second-order valence-corrected chi connectivity index (χ2v) is 5.91. The molecule has 2 N–H and O–H groups in total. The van der Waals surface area contributed by atoms with Crippen molar-refractivity contribution in [3.05, 3.63) is 0 Å². The SMILES string of the molecule is CC(CN)C(=O)N(C)CCN(C)C1CCN(C)CC1. The van der Waals surface area contributed by atoms with E-state index < -0.39 is 0 Å². The summed E-state index contributed by atoms with van der Waals surface area (Å²) in [6.45, 7) is 6.38. The van der Waals surface area contributed by atoms with Gasteiger partial charge in [-0.25, -0.2) is 0 Å². The molecule has 0 spiro atoms. The van der Waals surface area contributed by atoms with Crippen LogP contribution in [-0.4, -0.2) is 80.5 Å². The van der Waals surface area contributed by atoms with Crippen LogP contribution in [0.2, 0.25) is 0 Å². The van der Waals surface area contributed by atoms with Gasteiger partial charge in [-0.3, -0.25) is 4.79 Å². The van der Waals surface area contributed by atoms with Crippen LogP contribution in [0.3, 0.4) is 0 Å². The number of nitrogens with two attached hydrogens (primary N) is 1. The number of hydrogen-bond acceptors (Lipinski definition) is 4. The molecule has 0 radical (unpaired) electrons. The molecule has 5 heteroatoms. The fraction of sp³-hybridized carbons (Fsp3) is 0.929. The van der Waals surface area contributed by atoms with Crippen LogP contribution >= 0.6 is 0 Å². The number of nitrogens with zero attached hydrogens (tertiary/aromatic N) is 3. The first-order valence-electron chi connectivity index (χ1n) is 7.29. The summed E-state index contributed by atoms with van der Waals surface area (Å²) < 4.78 is 0. The molecule has 1 atom stereocenters. The van der Waals surface area contributed by atoms with Crippen LogP contribution < -0.4 is 5.73 Å². The van der Waals surface area contributed by atoms with Gasteiger partial charge in [0, 0.05) is 38.6 Å². The zero-order valence-electron chi connectivity index (χ0n) is 12.9. The van der Waals surface area contributed by atoms with Gasteiger partial charge in [0.1, 0.15) is 0 Å². The van der Waals surface area contributed by atoms with Crippen molar-refractivity contribution in [3.63, 3.8) is 0 Å². The van der Waals surface area contributed by atoms with E-state index in [1.54, 1.807) is 0 Å². The molecule has 1 heterocycles. The van der Waals surface area contributed by atoms with E-state index in [4.69, 9.17) is 5.73 Å². The van der Waals surface area contributed by atoms with Crippen molar-refractivity contribution >= 4 is 5.91 Å². The Morgan fingerprint density at radius 3 is 2.42 bits per heavy atom. The van der Waals surface area contributed by atoms with Gasteiger partial charge in [0.15, 0.2) is 0 Å². The molecule has 0 aromatic heterocycles. The van der Waals surface area contributed by atoms with Crippen molar-refractivity contribution in [2.24, 2.45) is 11.7 Å². The summed E-state index contributed by atoms with van der Waals surface area (Å²) in [5.41, 5.74) is 5.53. The molecular weight excluding hydrogens is 240 g/mol. The predicted molar refractivity (Wildman–Crippen MR) is 79.0 cm³/mol. The van der Waals surface area contributed by atoms with Gasteiger partial charge in [0.2, 0.25) is 5.91 Å². The molecule has 1 aliphatic heterocycles. The van der Waals surface area contributed by atoms with Crippen LogP contribution in [0.25, 0.3) is 0 Å². The number of carbonyl (C=O) groups excluding carboxylic acids is 1. The highest BCUT2D eigenvalue weighted by Crippen LogP contribution is 2.13. The Morgan fingerprint density at radius 2 is 1.89 bits per heavy atom. The first-order chi connectivity index (χ1) is 8.95. The average molecular weight is 270 g/mol. The van der Waals surface area contributed by atoms with Gasteiger partial charge < -0.3 is 20.4 Å². The molecule has 0 bridgehead atoms. The number of carbonyl (C=O) groups is 1. The van der Waals surface area contributed by atoms with E-state index in [2.05, 4.69) is 23.9 Å². The van der Waals surface area contributed by atoms with E-state index >= 15 is 0 Å². The van der Waals surface area contributed by atoms with Crippen molar-refractivity contribution in [3.8, 4) is 0 Å². The molecule has 1 aliphatic rings. The lowest BCUT2D eigenvalue weighted by atomic mass is 10.0. The Hall–Kier alpha value is -0.650. The minimum Gasteiger partial charge on any atom is -0.344 e. The number of rotatable bonds is 6. The summed E-state index contributed by atoms with van der Waals surface area (Å²) in [5, 5.41) is 0. The predicted octanol–water partition coefficient (Wildman–Crippen LogP) is 0.0656. The van der Waals surface area contributed by atoms with E-state index in [1.807, 2.05) is 18.9 Å². The molecule has 5 nitrogen and oxygen atoms in total.